The third kappa shape index (κ3) is 3.09. The molecule has 0 atom stereocenters. The molecule has 3 rings (SSSR count). The average Bonchev–Trinajstić information content (AvgIpc) is 3.05. The van der Waals surface area contributed by atoms with Crippen LogP contribution in [0.25, 0.3) is 0 Å². The van der Waals surface area contributed by atoms with Crippen molar-refractivity contribution in [3.05, 3.63) is 41.2 Å². The minimum absolute atomic E-state index is 0.0195. The van der Waals surface area contributed by atoms with E-state index >= 15 is 0 Å². The molecule has 118 valence electrons. The van der Waals surface area contributed by atoms with Gasteiger partial charge < -0.3 is 4.84 Å². The van der Waals surface area contributed by atoms with Crippen LogP contribution in [0, 0.1) is 6.92 Å². The molecule has 0 bridgehead atoms. The number of fused-ring (bicyclic) bond motifs is 1. The smallest absolute Gasteiger partial charge is 0.330 e. The van der Waals surface area contributed by atoms with Gasteiger partial charge in [-0.25, -0.2) is 9.78 Å². The maximum Gasteiger partial charge on any atom is 0.334 e. The largest absolute Gasteiger partial charge is 0.334 e. The zero-order valence-corrected chi connectivity index (χ0v) is 12.9. The lowest BCUT2D eigenvalue weighted by molar-refractivity contribution is -0.167. The number of aromatic amines is 1. The lowest BCUT2D eigenvalue weighted by atomic mass is 10.1. The summed E-state index contributed by atoms with van der Waals surface area (Å²) in [4.78, 5) is 44.9. The molecule has 2 heterocycles. The van der Waals surface area contributed by atoms with E-state index in [0.717, 1.165) is 0 Å². The molecule has 2 aromatic rings. The van der Waals surface area contributed by atoms with E-state index < -0.39 is 17.8 Å². The highest BCUT2D eigenvalue weighted by atomic mass is 32.2. The molecular weight excluding hydrogens is 320 g/mol. The van der Waals surface area contributed by atoms with Gasteiger partial charge in [-0.2, -0.15) is 0 Å². The highest BCUT2D eigenvalue weighted by Crippen LogP contribution is 2.23. The fourth-order valence-electron chi connectivity index (χ4n) is 2.01. The number of thioether (sulfide) groups is 1. The molecule has 0 radical (unpaired) electrons. The van der Waals surface area contributed by atoms with Gasteiger partial charge in [0.25, 0.3) is 11.8 Å². The summed E-state index contributed by atoms with van der Waals surface area (Å²) in [7, 11) is 0. The van der Waals surface area contributed by atoms with Crippen LogP contribution >= 0.6 is 11.8 Å². The van der Waals surface area contributed by atoms with Crippen LogP contribution < -0.4 is 0 Å². The van der Waals surface area contributed by atoms with Crippen molar-refractivity contribution in [1.29, 1.82) is 0 Å². The van der Waals surface area contributed by atoms with Gasteiger partial charge in [-0.1, -0.05) is 29.0 Å². The maximum atomic E-state index is 12.0. The van der Waals surface area contributed by atoms with E-state index in [-0.39, 0.29) is 17.5 Å². The van der Waals surface area contributed by atoms with Crippen molar-refractivity contribution in [1.82, 2.24) is 20.2 Å². The van der Waals surface area contributed by atoms with Crippen molar-refractivity contribution in [2.75, 3.05) is 5.75 Å². The summed E-state index contributed by atoms with van der Waals surface area (Å²) in [5.41, 5.74) is 0.465. The summed E-state index contributed by atoms with van der Waals surface area (Å²) in [6.45, 7) is 1.77. The normalized spacial score (nSPS) is 13.3. The Labute approximate surface area is 135 Å². The predicted octanol–water partition coefficient (Wildman–Crippen LogP) is 1.35. The van der Waals surface area contributed by atoms with Gasteiger partial charge in [0.1, 0.15) is 5.82 Å². The van der Waals surface area contributed by atoms with Gasteiger partial charge in [0.15, 0.2) is 0 Å². The fourth-order valence-corrected chi connectivity index (χ4v) is 2.77. The van der Waals surface area contributed by atoms with Gasteiger partial charge in [0.05, 0.1) is 17.5 Å². The van der Waals surface area contributed by atoms with Gasteiger partial charge in [0.2, 0.25) is 5.16 Å². The summed E-state index contributed by atoms with van der Waals surface area (Å²) in [5.74, 6) is -0.869. The molecule has 1 N–H and O–H groups in total. The van der Waals surface area contributed by atoms with E-state index in [9.17, 15) is 14.4 Å². The summed E-state index contributed by atoms with van der Waals surface area (Å²) < 4.78 is 0. The third-order valence-corrected chi connectivity index (χ3v) is 3.91. The zero-order chi connectivity index (χ0) is 16.4. The number of aryl methyl sites for hydroxylation is 1. The minimum atomic E-state index is -0.667. The highest BCUT2D eigenvalue weighted by Gasteiger charge is 2.38. The lowest BCUT2D eigenvalue weighted by Crippen LogP contribution is -2.32. The van der Waals surface area contributed by atoms with Gasteiger partial charge in [-0.05, 0) is 19.1 Å². The first-order valence-electron chi connectivity index (χ1n) is 6.76. The minimum Gasteiger partial charge on any atom is -0.330 e. The van der Waals surface area contributed by atoms with Crippen molar-refractivity contribution < 1.29 is 19.2 Å². The van der Waals surface area contributed by atoms with E-state index in [1.165, 1.54) is 23.9 Å². The molecule has 1 aromatic carbocycles. The Morgan fingerprint density at radius 3 is 2.48 bits per heavy atom. The third-order valence-electron chi connectivity index (χ3n) is 3.06. The van der Waals surface area contributed by atoms with E-state index in [1.807, 2.05) is 0 Å². The number of aromatic nitrogens is 3. The molecule has 9 heteroatoms. The Balaban J connectivity index is 1.54. The molecular formula is C14H12N4O4S. The van der Waals surface area contributed by atoms with Crippen LogP contribution in [-0.4, -0.2) is 43.8 Å². The molecule has 1 aliphatic rings. The van der Waals surface area contributed by atoms with E-state index in [1.54, 1.807) is 19.1 Å². The van der Waals surface area contributed by atoms with Gasteiger partial charge in [0, 0.05) is 5.75 Å². The maximum absolute atomic E-state index is 12.0. The molecule has 2 amide bonds. The second-order valence-electron chi connectivity index (χ2n) is 4.72. The quantitative estimate of drug-likeness (QED) is 0.651. The van der Waals surface area contributed by atoms with Crippen molar-refractivity contribution in [2.45, 2.75) is 18.5 Å². The summed E-state index contributed by atoms with van der Waals surface area (Å²) in [6.07, 6.45) is 0.0195. The van der Waals surface area contributed by atoms with Crippen LogP contribution in [0.1, 0.15) is 33.0 Å². The van der Waals surface area contributed by atoms with Crippen LogP contribution in [0.4, 0.5) is 0 Å². The van der Waals surface area contributed by atoms with E-state index in [2.05, 4.69) is 15.2 Å². The number of amides is 2. The van der Waals surface area contributed by atoms with Crippen LogP contribution in [0.3, 0.4) is 0 Å². The zero-order valence-electron chi connectivity index (χ0n) is 12.1. The van der Waals surface area contributed by atoms with Gasteiger partial charge in [-0.15, -0.1) is 5.10 Å². The predicted molar refractivity (Wildman–Crippen MR) is 79.5 cm³/mol. The number of nitrogens with one attached hydrogen (secondary N) is 1. The number of carbonyl (C=O) groups is 3. The second kappa shape index (κ2) is 6.21. The van der Waals surface area contributed by atoms with Crippen LogP contribution in [-0.2, 0) is 9.63 Å². The van der Waals surface area contributed by atoms with Crippen molar-refractivity contribution in [2.24, 2.45) is 0 Å². The van der Waals surface area contributed by atoms with Crippen molar-refractivity contribution >= 4 is 29.5 Å². The van der Waals surface area contributed by atoms with Crippen LogP contribution in [0.2, 0.25) is 0 Å². The molecule has 0 saturated heterocycles. The number of hydroxylamine groups is 2. The number of carbonyl (C=O) groups excluding carboxylic acids is 3. The molecule has 8 nitrogen and oxygen atoms in total. The topological polar surface area (TPSA) is 105 Å². The Bertz CT molecular complexity index is 754. The van der Waals surface area contributed by atoms with Gasteiger partial charge >= 0.3 is 5.97 Å². The summed E-state index contributed by atoms with van der Waals surface area (Å²) in [6, 6.07) is 6.32. The summed E-state index contributed by atoms with van der Waals surface area (Å²) in [5, 5.41) is 7.65. The molecule has 1 aromatic heterocycles. The first-order valence-corrected chi connectivity index (χ1v) is 7.75. The van der Waals surface area contributed by atoms with Crippen molar-refractivity contribution in [3.8, 4) is 0 Å². The fraction of sp³-hybridized carbons (Fsp3) is 0.214. The monoisotopic (exact) mass is 332 g/mol. The number of nitrogens with zero attached hydrogens (tertiary/aromatic N) is 3. The molecule has 0 saturated carbocycles. The number of rotatable bonds is 5. The second-order valence-corrected chi connectivity index (χ2v) is 5.78. The number of hydrogen-bond acceptors (Lipinski definition) is 7. The number of hydrogen-bond donors (Lipinski definition) is 1. The SMILES string of the molecule is Cc1nc(SCCC(=O)ON2C(=O)c3ccccc3C2=O)n[nH]1. The Kier molecular flexibility index (Phi) is 4.11. The van der Waals surface area contributed by atoms with Crippen LogP contribution in [0.15, 0.2) is 29.4 Å². The molecule has 23 heavy (non-hydrogen) atoms. The standard InChI is InChI=1S/C14H12N4O4S/c1-8-15-14(17-16-8)23-7-6-11(19)22-18-12(20)9-4-2-3-5-10(9)13(18)21/h2-5H,6-7H2,1H3,(H,15,16,17). The molecule has 0 spiro atoms. The first kappa shape index (κ1) is 15.2. The molecule has 0 aliphatic carbocycles. The Morgan fingerprint density at radius 1 is 1.26 bits per heavy atom. The number of imide groups is 1. The Hall–Kier alpha value is -2.68. The first-order chi connectivity index (χ1) is 11.1. The molecule has 0 unspecified atom stereocenters. The van der Waals surface area contributed by atoms with Crippen LogP contribution in [0.5, 0.6) is 0 Å². The highest BCUT2D eigenvalue weighted by molar-refractivity contribution is 7.99. The Morgan fingerprint density at radius 2 is 1.91 bits per heavy atom. The molecule has 0 fully saturated rings. The summed E-state index contributed by atoms with van der Waals surface area (Å²) >= 11 is 1.27. The lowest BCUT2D eigenvalue weighted by Gasteiger charge is -2.12. The average molecular weight is 332 g/mol. The number of H-pyrrole nitrogens is 1. The van der Waals surface area contributed by atoms with E-state index in [4.69, 9.17) is 4.84 Å². The molecule has 1 aliphatic heterocycles. The van der Waals surface area contributed by atoms with Crippen molar-refractivity contribution in [3.63, 3.8) is 0 Å². The van der Waals surface area contributed by atoms with E-state index in [0.29, 0.717) is 21.8 Å². The van der Waals surface area contributed by atoms with Gasteiger partial charge in [-0.3, -0.25) is 14.7 Å². The number of benzene rings is 1.